The van der Waals surface area contributed by atoms with Crippen LogP contribution < -0.4 is 10.1 Å². The van der Waals surface area contributed by atoms with Crippen LogP contribution in [0.3, 0.4) is 0 Å². The van der Waals surface area contributed by atoms with Crippen molar-refractivity contribution in [3.05, 3.63) is 56.6 Å². The maximum absolute atomic E-state index is 12.3. The van der Waals surface area contributed by atoms with Crippen LogP contribution in [0.15, 0.2) is 42.5 Å². The number of halogens is 5. The van der Waals surface area contributed by atoms with Crippen LogP contribution in [0.5, 0.6) is 5.75 Å². The molecule has 0 unspecified atom stereocenters. The molecule has 0 aliphatic carbocycles. The lowest BCUT2D eigenvalue weighted by Crippen LogP contribution is -2.20. The van der Waals surface area contributed by atoms with E-state index in [1.165, 1.54) is 18.2 Å². The number of hydrogen-bond donors (Lipinski definition) is 1. The largest absolute Gasteiger partial charge is 0.482 e. The van der Waals surface area contributed by atoms with Crippen LogP contribution in [-0.2, 0) is 0 Å². The summed E-state index contributed by atoms with van der Waals surface area (Å²) in [6, 6.07) is 10.7. The zero-order valence-electron chi connectivity index (χ0n) is 11.5. The first kappa shape index (κ1) is 17.9. The Morgan fingerprint density at radius 3 is 2.43 bits per heavy atom. The standard InChI is InChI=1S/C15H10ClF3INO2/c16-10-3-6-13(23-8-15(17,18)19)12(7-10)21-14(22)9-1-4-11(20)5-2-9/h1-7H,8H2,(H,21,22). The van der Waals surface area contributed by atoms with Gasteiger partial charge in [-0.15, -0.1) is 0 Å². The fourth-order valence-corrected chi connectivity index (χ4v) is 2.21. The summed E-state index contributed by atoms with van der Waals surface area (Å²) >= 11 is 7.92. The fourth-order valence-electron chi connectivity index (χ4n) is 1.68. The predicted octanol–water partition coefficient (Wildman–Crippen LogP) is 5.14. The molecular weight excluding hydrogens is 446 g/mol. The van der Waals surface area contributed by atoms with Crippen molar-refractivity contribution in [1.82, 2.24) is 0 Å². The van der Waals surface area contributed by atoms with Crippen molar-refractivity contribution in [3.63, 3.8) is 0 Å². The van der Waals surface area contributed by atoms with Gasteiger partial charge in [-0.25, -0.2) is 0 Å². The van der Waals surface area contributed by atoms with Crippen molar-refractivity contribution < 1.29 is 22.7 Å². The van der Waals surface area contributed by atoms with Crippen LogP contribution in [0, 0.1) is 3.57 Å². The smallest absolute Gasteiger partial charge is 0.422 e. The summed E-state index contributed by atoms with van der Waals surface area (Å²) < 4.78 is 42.5. The molecule has 1 N–H and O–H groups in total. The Bertz CT molecular complexity index is 705. The highest BCUT2D eigenvalue weighted by molar-refractivity contribution is 14.1. The van der Waals surface area contributed by atoms with Crippen molar-refractivity contribution in [2.75, 3.05) is 11.9 Å². The van der Waals surface area contributed by atoms with Crippen molar-refractivity contribution >= 4 is 45.8 Å². The van der Waals surface area contributed by atoms with Gasteiger partial charge in [-0.05, 0) is 65.1 Å². The number of hydrogen-bond acceptors (Lipinski definition) is 2. The van der Waals surface area contributed by atoms with E-state index in [4.69, 9.17) is 16.3 Å². The van der Waals surface area contributed by atoms with E-state index >= 15 is 0 Å². The van der Waals surface area contributed by atoms with Gasteiger partial charge in [0.25, 0.3) is 5.91 Å². The maximum Gasteiger partial charge on any atom is 0.422 e. The molecule has 3 nitrogen and oxygen atoms in total. The second-order valence-corrected chi connectivity index (χ2v) is 6.19. The molecule has 0 saturated carbocycles. The topological polar surface area (TPSA) is 38.3 Å². The van der Waals surface area contributed by atoms with Gasteiger partial charge < -0.3 is 10.1 Å². The molecule has 0 heterocycles. The number of alkyl halides is 3. The molecule has 0 spiro atoms. The van der Waals surface area contributed by atoms with Crippen LogP contribution in [-0.4, -0.2) is 18.7 Å². The summed E-state index contributed by atoms with van der Waals surface area (Å²) in [4.78, 5) is 12.2. The lowest BCUT2D eigenvalue weighted by atomic mass is 10.2. The number of nitrogens with one attached hydrogen (secondary N) is 1. The molecule has 0 saturated heterocycles. The first-order valence-electron chi connectivity index (χ1n) is 6.30. The minimum Gasteiger partial charge on any atom is -0.482 e. The SMILES string of the molecule is O=C(Nc1cc(Cl)ccc1OCC(F)(F)F)c1ccc(I)cc1. The molecule has 2 aromatic rings. The summed E-state index contributed by atoms with van der Waals surface area (Å²) in [6.45, 7) is -1.46. The minimum absolute atomic E-state index is 0.0744. The van der Waals surface area contributed by atoms with Crippen molar-refractivity contribution in [1.29, 1.82) is 0 Å². The average molecular weight is 456 g/mol. The molecule has 1 amide bonds. The Morgan fingerprint density at radius 2 is 1.83 bits per heavy atom. The van der Waals surface area contributed by atoms with Gasteiger partial charge in [-0.1, -0.05) is 11.6 Å². The quantitative estimate of drug-likeness (QED) is 0.649. The first-order valence-corrected chi connectivity index (χ1v) is 7.76. The van der Waals surface area contributed by atoms with Crippen molar-refractivity contribution in [2.24, 2.45) is 0 Å². The summed E-state index contributed by atoms with van der Waals surface area (Å²) in [7, 11) is 0. The van der Waals surface area contributed by atoms with Gasteiger partial charge in [-0.2, -0.15) is 13.2 Å². The Balaban J connectivity index is 2.19. The Labute approximate surface area is 148 Å². The van der Waals surface area contributed by atoms with Gasteiger partial charge >= 0.3 is 6.18 Å². The molecule has 2 aromatic carbocycles. The van der Waals surface area contributed by atoms with Gasteiger partial charge in [0, 0.05) is 14.2 Å². The molecule has 23 heavy (non-hydrogen) atoms. The highest BCUT2D eigenvalue weighted by atomic mass is 127. The van der Waals surface area contributed by atoms with Crippen LogP contribution in [0.1, 0.15) is 10.4 Å². The molecule has 122 valence electrons. The lowest BCUT2D eigenvalue weighted by molar-refractivity contribution is -0.153. The number of rotatable bonds is 4. The monoisotopic (exact) mass is 455 g/mol. The van der Waals surface area contributed by atoms with E-state index in [1.54, 1.807) is 24.3 Å². The normalized spacial score (nSPS) is 11.2. The number of ether oxygens (including phenoxy) is 1. The first-order chi connectivity index (χ1) is 10.7. The molecule has 8 heteroatoms. The number of anilines is 1. The van der Waals surface area contributed by atoms with E-state index in [0.717, 1.165) is 3.57 Å². The zero-order chi connectivity index (χ0) is 17.0. The number of carbonyl (C=O) groups excluding carboxylic acids is 1. The molecule has 0 aliphatic heterocycles. The highest BCUT2D eigenvalue weighted by Crippen LogP contribution is 2.30. The molecule has 0 radical (unpaired) electrons. The van der Waals surface area contributed by atoms with E-state index in [1.807, 2.05) is 0 Å². The molecule has 0 fully saturated rings. The number of benzene rings is 2. The minimum atomic E-state index is -4.48. The molecular formula is C15H10ClF3INO2. The van der Waals surface area contributed by atoms with Crippen LogP contribution in [0.2, 0.25) is 5.02 Å². The summed E-state index contributed by atoms with van der Waals surface area (Å²) in [5.74, 6) is -0.578. The van der Waals surface area contributed by atoms with E-state index < -0.39 is 18.7 Å². The van der Waals surface area contributed by atoms with Crippen LogP contribution >= 0.6 is 34.2 Å². The van der Waals surface area contributed by atoms with Gasteiger partial charge in [0.2, 0.25) is 0 Å². The molecule has 0 aromatic heterocycles. The second-order valence-electron chi connectivity index (χ2n) is 4.51. The summed E-state index contributed by atoms with van der Waals surface area (Å²) in [5, 5.41) is 2.77. The Morgan fingerprint density at radius 1 is 1.17 bits per heavy atom. The number of amides is 1. The van der Waals surface area contributed by atoms with Crippen LogP contribution in [0.25, 0.3) is 0 Å². The van der Waals surface area contributed by atoms with E-state index in [2.05, 4.69) is 27.9 Å². The highest BCUT2D eigenvalue weighted by Gasteiger charge is 2.29. The lowest BCUT2D eigenvalue weighted by Gasteiger charge is -2.14. The van der Waals surface area contributed by atoms with E-state index in [9.17, 15) is 18.0 Å². The van der Waals surface area contributed by atoms with E-state index in [0.29, 0.717) is 5.56 Å². The van der Waals surface area contributed by atoms with Gasteiger partial charge in [-0.3, -0.25) is 4.79 Å². The van der Waals surface area contributed by atoms with Gasteiger partial charge in [0.1, 0.15) is 5.75 Å². The number of carbonyl (C=O) groups is 1. The summed E-state index contributed by atoms with van der Waals surface area (Å²) in [6.07, 6.45) is -4.48. The summed E-state index contributed by atoms with van der Waals surface area (Å²) in [5.41, 5.74) is 0.442. The Hall–Kier alpha value is -1.48. The molecule has 0 bridgehead atoms. The maximum atomic E-state index is 12.3. The van der Waals surface area contributed by atoms with Crippen LogP contribution in [0.4, 0.5) is 18.9 Å². The predicted molar refractivity (Wildman–Crippen MR) is 90.1 cm³/mol. The Kier molecular flexibility index (Phi) is 5.74. The third-order valence-electron chi connectivity index (χ3n) is 2.69. The van der Waals surface area contributed by atoms with Crippen molar-refractivity contribution in [3.8, 4) is 5.75 Å². The molecule has 2 rings (SSSR count). The molecule has 0 atom stereocenters. The fraction of sp³-hybridized carbons (Fsp3) is 0.133. The average Bonchev–Trinajstić information content (AvgIpc) is 2.46. The molecule has 0 aliphatic rings. The van der Waals surface area contributed by atoms with E-state index in [-0.39, 0.29) is 16.5 Å². The van der Waals surface area contributed by atoms with Gasteiger partial charge in [0.05, 0.1) is 5.69 Å². The van der Waals surface area contributed by atoms with Crippen molar-refractivity contribution in [2.45, 2.75) is 6.18 Å². The third kappa shape index (κ3) is 5.58. The zero-order valence-corrected chi connectivity index (χ0v) is 14.4. The van der Waals surface area contributed by atoms with Gasteiger partial charge in [0.15, 0.2) is 6.61 Å². The third-order valence-corrected chi connectivity index (χ3v) is 3.64. The second kappa shape index (κ2) is 7.39.